The van der Waals surface area contributed by atoms with Gasteiger partial charge >= 0.3 is 0 Å². The normalized spacial score (nSPS) is 12.3. The molecule has 0 radical (unpaired) electrons. The zero-order chi connectivity index (χ0) is 16.2. The number of hydrogen-bond acceptors (Lipinski definition) is 0. The van der Waals surface area contributed by atoms with Crippen LogP contribution in [0.5, 0.6) is 0 Å². The molecule has 3 aromatic rings. The maximum Gasteiger partial charge on any atom is 0.110 e. The minimum atomic E-state index is -1.32. The third-order valence-electron chi connectivity index (χ3n) is 4.95. The van der Waals surface area contributed by atoms with Crippen LogP contribution in [0.1, 0.15) is 29.2 Å². The van der Waals surface area contributed by atoms with Crippen LogP contribution in [0.3, 0.4) is 0 Å². The van der Waals surface area contributed by atoms with Crippen molar-refractivity contribution in [2.75, 3.05) is 0 Å². The van der Waals surface area contributed by atoms with Gasteiger partial charge in [-0.05, 0) is 36.1 Å². The molecule has 3 aromatic carbocycles. The van der Waals surface area contributed by atoms with Gasteiger partial charge in [-0.1, -0.05) is 96.2 Å². The summed E-state index contributed by atoms with van der Waals surface area (Å²) >= 11 is 0. The molecule has 0 saturated carbocycles. The first-order chi connectivity index (χ1) is 11.2. The van der Waals surface area contributed by atoms with Gasteiger partial charge in [-0.2, -0.15) is 0 Å². The summed E-state index contributed by atoms with van der Waals surface area (Å²) in [6.45, 7) is 6.90. The fourth-order valence-electron chi connectivity index (χ4n) is 3.54. The molecule has 0 aliphatic carbocycles. The van der Waals surface area contributed by atoms with E-state index in [0.29, 0.717) is 5.54 Å². The highest BCUT2D eigenvalue weighted by molar-refractivity contribution is 6.86. The lowest BCUT2D eigenvalue weighted by molar-refractivity contribution is 1.03. The second-order valence-electron chi connectivity index (χ2n) is 6.38. The van der Waals surface area contributed by atoms with Crippen molar-refractivity contribution >= 4 is 19.2 Å². The number of benzene rings is 3. The topological polar surface area (TPSA) is 0 Å². The number of aryl methyl sites for hydroxylation is 1. The van der Waals surface area contributed by atoms with Gasteiger partial charge in [-0.15, -0.1) is 0 Å². The Morgan fingerprint density at radius 3 is 1.70 bits per heavy atom. The minimum Gasteiger partial charge on any atom is -0.0629 e. The van der Waals surface area contributed by atoms with Gasteiger partial charge in [0, 0.05) is 0 Å². The summed E-state index contributed by atoms with van der Waals surface area (Å²) in [6, 6.07) is 28.9. The zero-order valence-corrected chi connectivity index (χ0v) is 15.3. The maximum atomic E-state index is 2.42. The molecule has 0 fully saturated rings. The SMILES string of the molecule is Cc1cccc([C@@H](C)[SiH](c2ccccc2)c2ccccc2)c1C. The Balaban J connectivity index is 2.10. The second-order valence-corrected chi connectivity index (χ2v) is 9.67. The first-order valence-corrected chi connectivity index (χ1v) is 10.2. The van der Waals surface area contributed by atoms with Crippen LogP contribution in [-0.4, -0.2) is 8.80 Å². The molecule has 0 spiro atoms. The van der Waals surface area contributed by atoms with Crippen LogP contribution >= 0.6 is 0 Å². The Morgan fingerprint density at radius 2 is 1.17 bits per heavy atom. The first-order valence-electron chi connectivity index (χ1n) is 8.34. The average molecular weight is 317 g/mol. The summed E-state index contributed by atoms with van der Waals surface area (Å²) in [4.78, 5) is 0. The molecule has 0 saturated heterocycles. The Hall–Kier alpha value is -2.12. The molecule has 0 N–H and O–H groups in total. The molecule has 0 nitrogen and oxygen atoms in total. The Kier molecular flexibility index (Phi) is 4.78. The molecule has 0 aromatic heterocycles. The van der Waals surface area contributed by atoms with Crippen LogP contribution in [0.25, 0.3) is 0 Å². The molecule has 116 valence electrons. The predicted molar refractivity (Wildman–Crippen MR) is 104 cm³/mol. The molecule has 0 aliphatic heterocycles. The molecule has 0 heterocycles. The second kappa shape index (κ2) is 6.97. The average Bonchev–Trinajstić information content (AvgIpc) is 2.59. The zero-order valence-electron chi connectivity index (χ0n) is 14.2. The van der Waals surface area contributed by atoms with Crippen LogP contribution < -0.4 is 10.4 Å². The van der Waals surface area contributed by atoms with E-state index in [-0.39, 0.29) is 0 Å². The fourth-order valence-corrected chi connectivity index (χ4v) is 7.07. The Bertz CT molecular complexity index is 723. The van der Waals surface area contributed by atoms with Crippen molar-refractivity contribution < 1.29 is 0 Å². The van der Waals surface area contributed by atoms with E-state index in [9.17, 15) is 0 Å². The van der Waals surface area contributed by atoms with Gasteiger partial charge in [0.1, 0.15) is 8.80 Å². The molecular formula is C22H24Si. The van der Waals surface area contributed by atoms with E-state index in [2.05, 4.69) is 99.6 Å². The monoisotopic (exact) mass is 316 g/mol. The van der Waals surface area contributed by atoms with E-state index in [1.165, 1.54) is 27.1 Å². The summed E-state index contributed by atoms with van der Waals surface area (Å²) in [5.74, 6) is 0. The van der Waals surface area contributed by atoms with Gasteiger partial charge in [-0.25, -0.2) is 0 Å². The molecule has 0 bridgehead atoms. The Labute approximate surface area is 141 Å². The lowest BCUT2D eigenvalue weighted by atomic mass is 10.0. The number of hydrogen-bond donors (Lipinski definition) is 0. The highest BCUT2D eigenvalue weighted by Gasteiger charge is 2.25. The summed E-state index contributed by atoms with van der Waals surface area (Å²) in [5, 5.41) is 3.04. The lowest BCUT2D eigenvalue weighted by Gasteiger charge is -2.26. The molecule has 0 unspecified atom stereocenters. The van der Waals surface area contributed by atoms with E-state index in [4.69, 9.17) is 0 Å². The smallest absolute Gasteiger partial charge is 0.0629 e. The van der Waals surface area contributed by atoms with E-state index >= 15 is 0 Å². The standard InChI is InChI=1S/C22H24Si/c1-17-11-10-16-22(18(17)2)19(3)23(20-12-6-4-7-13-20)21-14-8-5-9-15-21/h4-16,19,23H,1-3H3/t19-/m1/s1. The van der Waals surface area contributed by atoms with E-state index in [0.717, 1.165) is 0 Å². The van der Waals surface area contributed by atoms with Crippen molar-refractivity contribution in [2.45, 2.75) is 26.3 Å². The predicted octanol–water partition coefficient (Wildman–Crippen LogP) is 3.99. The van der Waals surface area contributed by atoms with Crippen molar-refractivity contribution in [1.82, 2.24) is 0 Å². The fraction of sp³-hybridized carbons (Fsp3) is 0.182. The first kappa shape index (κ1) is 15.8. The third-order valence-corrected chi connectivity index (χ3v) is 8.52. The van der Waals surface area contributed by atoms with Crippen molar-refractivity contribution in [3.05, 3.63) is 95.6 Å². The van der Waals surface area contributed by atoms with Crippen LogP contribution in [0.2, 0.25) is 0 Å². The largest absolute Gasteiger partial charge is 0.110 e. The van der Waals surface area contributed by atoms with Gasteiger partial charge in [0.05, 0.1) is 0 Å². The maximum absolute atomic E-state index is 2.42. The van der Waals surface area contributed by atoms with E-state index < -0.39 is 8.80 Å². The molecule has 3 rings (SSSR count). The Morgan fingerprint density at radius 1 is 0.652 bits per heavy atom. The number of rotatable bonds is 4. The lowest BCUT2D eigenvalue weighted by Crippen LogP contribution is -2.46. The van der Waals surface area contributed by atoms with Gasteiger partial charge in [0.2, 0.25) is 0 Å². The van der Waals surface area contributed by atoms with Crippen molar-refractivity contribution in [3.63, 3.8) is 0 Å². The highest BCUT2D eigenvalue weighted by Crippen LogP contribution is 2.24. The van der Waals surface area contributed by atoms with E-state index in [1.54, 1.807) is 0 Å². The molecule has 0 aliphatic rings. The van der Waals surface area contributed by atoms with Crippen LogP contribution in [0, 0.1) is 13.8 Å². The van der Waals surface area contributed by atoms with Crippen LogP contribution in [0.4, 0.5) is 0 Å². The minimum absolute atomic E-state index is 0.569. The highest BCUT2D eigenvalue weighted by atomic mass is 28.3. The van der Waals surface area contributed by atoms with E-state index in [1.807, 2.05) is 0 Å². The van der Waals surface area contributed by atoms with Crippen molar-refractivity contribution in [3.8, 4) is 0 Å². The molecule has 23 heavy (non-hydrogen) atoms. The summed E-state index contributed by atoms with van der Waals surface area (Å²) in [6.07, 6.45) is 0. The third kappa shape index (κ3) is 3.30. The van der Waals surface area contributed by atoms with Gasteiger partial charge in [0.15, 0.2) is 0 Å². The summed E-state index contributed by atoms with van der Waals surface area (Å²) in [5.41, 5.74) is 4.92. The van der Waals surface area contributed by atoms with Gasteiger partial charge in [0.25, 0.3) is 0 Å². The molecule has 0 amide bonds. The summed E-state index contributed by atoms with van der Waals surface area (Å²) < 4.78 is 0. The summed E-state index contributed by atoms with van der Waals surface area (Å²) in [7, 11) is -1.32. The van der Waals surface area contributed by atoms with Gasteiger partial charge in [-0.3, -0.25) is 0 Å². The quantitative estimate of drug-likeness (QED) is 0.639. The van der Waals surface area contributed by atoms with Crippen LogP contribution in [-0.2, 0) is 0 Å². The molecule has 1 heteroatoms. The van der Waals surface area contributed by atoms with Gasteiger partial charge < -0.3 is 0 Å². The van der Waals surface area contributed by atoms with Crippen LogP contribution in [0.15, 0.2) is 78.9 Å². The molecule has 1 atom stereocenters. The van der Waals surface area contributed by atoms with Crippen molar-refractivity contribution in [2.24, 2.45) is 0 Å². The van der Waals surface area contributed by atoms with Crippen molar-refractivity contribution in [1.29, 1.82) is 0 Å². The molecular weight excluding hydrogens is 292 g/mol.